The first-order valence-electron chi connectivity index (χ1n) is 14.9. The van der Waals surface area contributed by atoms with Gasteiger partial charge in [0, 0.05) is 28.6 Å². The number of hydrogen-bond acceptors (Lipinski definition) is 2. The number of hydrogen-bond donors (Lipinski definition) is 0. The molecule has 8 aromatic rings. The van der Waals surface area contributed by atoms with Gasteiger partial charge in [0.2, 0.25) is 6.20 Å². The number of para-hydroxylation sites is 1. The second-order valence-corrected chi connectivity index (χ2v) is 11.7. The SMILES string of the molecule is c1ccc(-c2ccc(-c3cn4[n+](c3)C35c6c(cccc6-4)Oc4ccc6c7ccccc7n(c6c43)-c3cccc[n+]35)cc2)nc1. The van der Waals surface area contributed by atoms with Crippen LogP contribution in [-0.2, 0) is 5.66 Å². The van der Waals surface area contributed by atoms with E-state index in [1.807, 2.05) is 24.4 Å². The molecule has 4 aromatic carbocycles. The molecule has 4 aromatic heterocycles. The zero-order chi connectivity index (χ0) is 28.6. The first-order chi connectivity index (χ1) is 21.8. The molecule has 0 aliphatic carbocycles. The van der Waals surface area contributed by atoms with Crippen LogP contribution >= 0.6 is 0 Å². The molecule has 0 bridgehead atoms. The van der Waals surface area contributed by atoms with Crippen LogP contribution in [0.15, 0.2) is 140 Å². The average molecular weight is 566 g/mol. The zero-order valence-electron chi connectivity index (χ0n) is 23.4. The van der Waals surface area contributed by atoms with Crippen LogP contribution in [0.4, 0.5) is 0 Å². The summed E-state index contributed by atoms with van der Waals surface area (Å²) in [4.78, 5) is 4.54. The molecule has 0 fully saturated rings. The summed E-state index contributed by atoms with van der Waals surface area (Å²) < 4.78 is 16.3. The van der Waals surface area contributed by atoms with E-state index in [-0.39, 0.29) is 0 Å². The van der Waals surface area contributed by atoms with Gasteiger partial charge in [0.15, 0.2) is 11.1 Å². The lowest BCUT2D eigenvalue weighted by Gasteiger charge is -2.32. The Morgan fingerprint density at radius 2 is 1.50 bits per heavy atom. The van der Waals surface area contributed by atoms with Gasteiger partial charge in [-0.25, -0.2) is 0 Å². The molecule has 1 unspecified atom stereocenters. The molecule has 1 atom stereocenters. The Kier molecular flexibility index (Phi) is 3.94. The second kappa shape index (κ2) is 7.68. The molecule has 0 N–H and O–H groups in total. The summed E-state index contributed by atoms with van der Waals surface area (Å²) >= 11 is 0. The van der Waals surface area contributed by atoms with Gasteiger partial charge in [-0.15, -0.1) is 4.68 Å². The molecule has 3 aliphatic heterocycles. The standard InChI is InChI=1S/C38H23N5O/c1-2-10-30-27(8-1)28-18-19-33-36-37(28)43(30)34-13-4-6-21-40(34)38(36)35-31(11-7-12-32(35)44-33)41-22-26(23-42(38)41)24-14-16-25(17-15-24)29-9-3-5-20-39-29/h1-23H/q+2. The number of aromatic nitrogens is 5. The Morgan fingerprint density at radius 1 is 0.659 bits per heavy atom. The van der Waals surface area contributed by atoms with E-state index >= 15 is 0 Å². The summed E-state index contributed by atoms with van der Waals surface area (Å²) in [7, 11) is 0. The number of pyridine rings is 2. The minimum absolute atomic E-state index is 0.674. The third-order valence-corrected chi connectivity index (χ3v) is 9.65. The van der Waals surface area contributed by atoms with Crippen LogP contribution in [0.2, 0.25) is 0 Å². The molecule has 3 aliphatic rings. The van der Waals surface area contributed by atoms with E-state index in [4.69, 9.17) is 4.74 Å². The molecule has 6 nitrogen and oxygen atoms in total. The summed E-state index contributed by atoms with van der Waals surface area (Å²) in [6.07, 6.45) is 8.62. The van der Waals surface area contributed by atoms with Gasteiger partial charge in [-0.2, -0.15) is 9.13 Å². The normalized spacial score (nSPS) is 16.5. The van der Waals surface area contributed by atoms with Crippen molar-refractivity contribution >= 4 is 21.8 Å². The number of benzene rings is 4. The minimum atomic E-state index is -0.674. The lowest BCUT2D eigenvalue weighted by atomic mass is 9.84. The Bertz CT molecular complexity index is 2530. The van der Waals surface area contributed by atoms with Gasteiger partial charge in [0.05, 0.1) is 23.7 Å². The lowest BCUT2D eigenvalue weighted by molar-refractivity contribution is -0.993. The molecule has 0 amide bonds. The van der Waals surface area contributed by atoms with Crippen molar-refractivity contribution in [2.24, 2.45) is 0 Å². The fourth-order valence-corrected chi connectivity index (χ4v) is 7.93. The number of nitrogens with zero attached hydrogens (tertiary/aromatic N) is 5. The van der Waals surface area contributed by atoms with Crippen LogP contribution < -0.4 is 14.0 Å². The second-order valence-electron chi connectivity index (χ2n) is 11.7. The number of fused-ring (bicyclic) bond motifs is 7. The fraction of sp³-hybridized carbons (Fsp3) is 0.0263. The maximum absolute atomic E-state index is 6.75. The topological polar surface area (TPSA) is 39.7 Å². The van der Waals surface area contributed by atoms with E-state index in [9.17, 15) is 0 Å². The van der Waals surface area contributed by atoms with Crippen molar-refractivity contribution in [3.05, 3.63) is 151 Å². The van der Waals surface area contributed by atoms with Crippen LogP contribution in [0.25, 0.3) is 55.7 Å². The zero-order valence-corrected chi connectivity index (χ0v) is 23.4. The average Bonchev–Trinajstić information content (AvgIpc) is 3.75. The van der Waals surface area contributed by atoms with Crippen molar-refractivity contribution in [2.75, 3.05) is 0 Å². The molecule has 7 heterocycles. The van der Waals surface area contributed by atoms with Crippen LogP contribution in [0.3, 0.4) is 0 Å². The van der Waals surface area contributed by atoms with E-state index in [2.05, 4.69) is 139 Å². The van der Waals surface area contributed by atoms with Crippen LogP contribution in [0, 0.1) is 0 Å². The summed E-state index contributed by atoms with van der Waals surface area (Å²) in [5.41, 5.74) is 9.53. The van der Waals surface area contributed by atoms with Gasteiger partial charge in [-0.1, -0.05) is 59.3 Å². The Hall–Kier alpha value is -6.01. The molecule has 204 valence electrons. The Balaban J connectivity index is 1.25. The van der Waals surface area contributed by atoms with Crippen molar-refractivity contribution in [1.29, 1.82) is 0 Å². The van der Waals surface area contributed by atoms with Crippen molar-refractivity contribution in [2.45, 2.75) is 5.66 Å². The highest BCUT2D eigenvalue weighted by molar-refractivity contribution is 6.11. The van der Waals surface area contributed by atoms with Crippen molar-refractivity contribution in [1.82, 2.24) is 14.2 Å². The van der Waals surface area contributed by atoms with E-state index in [0.29, 0.717) is 0 Å². The molecule has 11 rings (SSSR count). The van der Waals surface area contributed by atoms with E-state index in [1.54, 1.807) is 0 Å². The van der Waals surface area contributed by atoms with Crippen molar-refractivity contribution < 1.29 is 14.0 Å². The van der Waals surface area contributed by atoms with Crippen LogP contribution in [0.5, 0.6) is 11.5 Å². The summed E-state index contributed by atoms with van der Waals surface area (Å²) in [6.45, 7) is 0. The summed E-state index contributed by atoms with van der Waals surface area (Å²) in [5.74, 6) is 2.89. The predicted molar refractivity (Wildman–Crippen MR) is 167 cm³/mol. The predicted octanol–water partition coefficient (Wildman–Crippen LogP) is 6.91. The first kappa shape index (κ1) is 22.6. The van der Waals surface area contributed by atoms with Crippen LogP contribution in [-0.4, -0.2) is 14.2 Å². The van der Waals surface area contributed by atoms with E-state index < -0.39 is 5.66 Å². The van der Waals surface area contributed by atoms with Crippen LogP contribution in [0.1, 0.15) is 11.1 Å². The van der Waals surface area contributed by atoms with E-state index in [1.165, 1.54) is 21.8 Å². The lowest BCUT2D eigenvalue weighted by Crippen LogP contribution is -2.76. The fourth-order valence-electron chi connectivity index (χ4n) is 7.93. The molecular formula is C38H23N5O+2. The van der Waals surface area contributed by atoms with Gasteiger partial charge in [-0.3, -0.25) is 4.98 Å². The molecule has 0 saturated heterocycles. The quantitative estimate of drug-likeness (QED) is 0.214. The highest BCUT2D eigenvalue weighted by Gasteiger charge is 2.68. The molecular weight excluding hydrogens is 542 g/mol. The smallest absolute Gasteiger partial charge is 0.397 e. The van der Waals surface area contributed by atoms with Gasteiger partial charge >= 0.3 is 5.66 Å². The molecule has 6 heteroatoms. The molecule has 0 radical (unpaired) electrons. The largest absolute Gasteiger partial charge is 0.456 e. The Morgan fingerprint density at radius 3 is 2.41 bits per heavy atom. The van der Waals surface area contributed by atoms with Gasteiger partial charge in [0.1, 0.15) is 28.3 Å². The minimum Gasteiger partial charge on any atom is -0.456 e. The maximum atomic E-state index is 6.75. The molecule has 0 saturated carbocycles. The first-order valence-corrected chi connectivity index (χ1v) is 14.9. The number of ether oxygens (including phenoxy) is 1. The van der Waals surface area contributed by atoms with Gasteiger partial charge in [-0.05, 0) is 60.2 Å². The van der Waals surface area contributed by atoms with Gasteiger partial charge in [0.25, 0.3) is 5.82 Å². The maximum Gasteiger partial charge on any atom is 0.397 e. The monoisotopic (exact) mass is 565 g/mol. The van der Waals surface area contributed by atoms with Crippen molar-refractivity contribution in [3.8, 4) is 45.4 Å². The molecule has 1 spiro atoms. The summed E-state index contributed by atoms with van der Waals surface area (Å²) in [5, 5.41) is 2.47. The summed E-state index contributed by atoms with van der Waals surface area (Å²) in [6, 6.07) is 40.7. The third-order valence-electron chi connectivity index (χ3n) is 9.65. The van der Waals surface area contributed by atoms with Crippen molar-refractivity contribution in [3.63, 3.8) is 0 Å². The highest BCUT2D eigenvalue weighted by atomic mass is 16.5. The third kappa shape index (κ3) is 2.49. The number of rotatable bonds is 2. The molecule has 44 heavy (non-hydrogen) atoms. The highest BCUT2D eigenvalue weighted by Crippen LogP contribution is 2.55. The van der Waals surface area contributed by atoms with Gasteiger partial charge < -0.3 is 4.74 Å². The van der Waals surface area contributed by atoms with E-state index in [0.717, 1.165) is 56.5 Å². The Labute approximate surface area is 251 Å².